The Morgan fingerprint density at radius 1 is 1.35 bits per heavy atom. The molecule has 0 aliphatic heterocycles. The summed E-state index contributed by atoms with van der Waals surface area (Å²) < 4.78 is 1.53. The van der Waals surface area contributed by atoms with Gasteiger partial charge < -0.3 is 10.4 Å². The Balaban J connectivity index is 2.01. The van der Waals surface area contributed by atoms with Gasteiger partial charge >= 0.3 is 6.09 Å². The van der Waals surface area contributed by atoms with Crippen LogP contribution in [0.4, 0.5) is 22.2 Å². The zero-order valence-corrected chi connectivity index (χ0v) is 12.7. The predicted octanol–water partition coefficient (Wildman–Crippen LogP) is 2.83. The lowest BCUT2D eigenvalue weighted by molar-refractivity contribution is 0.209. The van der Waals surface area contributed by atoms with Crippen LogP contribution in [0.5, 0.6) is 0 Å². The lowest BCUT2D eigenvalue weighted by Crippen LogP contribution is -2.10. The normalized spacial score (nSPS) is 10.7. The van der Waals surface area contributed by atoms with Gasteiger partial charge in [0.1, 0.15) is 0 Å². The molecule has 2 aromatic heterocycles. The maximum absolute atomic E-state index is 10.8. The van der Waals surface area contributed by atoms with Gasteiger partial charge in [-0.25, -0.2) is 9.78 Å². The Morgan fingerprint density at radius 2 is 2.17 bits per heavy atom. The van der Waals surface area contributed by atoms with Gasteiger partial charge in [0, 0.05) is 18.1 Å². The van der Waals surface area contributed by atoms with E-state index in [1.807, 2.05) is 19.1 Å². The van der Waals surface area contributed by atoms with Gasteiger partial charge in [0.2, 0.25) is 11.6 Å². The van der Waals surface area contributed by atoms with Gasteiger partial charge in [0.15, 0.2) is 5.82 Å². The fraction of sp³-hybridized carbons (Fsp3) is 0.200. The van der Waals surface area contributed by atoms with Crippen LogP contribution in [0.2, 0.25) is 0 Å². The van der Waals surface area contributed by atoms with Crippen molar-refractivity contribution in [3.8, 4) is 0 Å². The van der Waals surface area contributed by atoms with Gasteiger partial charge in [-0.2, -0.15) is 0 Å². The number of nitrogens with zero attached hydrogens (tertiary/aromatic N) is 4. The third kappa shape index (κ3) is 2.78. The molecule has 23 heavy (non-hydrogen) atoms. The van der Waals surface area contributed by atoms with Crippen LogP contribution in [0, 0.1) is 6.92 Å². The molecule has 118 valence electrons. The van der Waals surface area contributed by atoms with Gasteiger partial charge in [0.05, 0.1) is 0 Å². The average Bonchev–Trinajstić information content (AvgIpc) is 2.93. The highest BCUT2D eigenvalue weighted by Gasteiger charge is 2.13. The number of benzene rings is 1. The number of aryl methyl sites for hydroxylation is 1. The number of fused-ring (bicyclic) bond motifs is 1. The van der Waals surface area contributed by atoms with Crippen LogP contribution in [0.15, 0.2) is 30.6 Å². The van der Waals surface area contributed by atoms with E-state index in [9.17, 15) is 4.79 Å². The summed E-state index contributed by atoms with van der Waals surface area (Å²) in [5, 5.41) is 22.1. The number of carbonyl (C=O) groups is 1. The van der Waals surface area contributed by atoms with Crippen molar-refractivity contribution in [3.05, 3.63) is 41.7 Å². The molecule has 0 saturated heterocycles. The Bertz CT molecular complexity index is 874. The molecule has 0 fully saturated rings. The third-order valence-electron chi connectivity index (χ3n) is 3.63. The van der Waals surface area contributed by atoms with Crippen molar-refractivity contribution in [1.82, 2.24) is 19.6 Å². The SMILES string of the molecule is CCc1cccc(Nc2nccn3c(NC(=O)O)nnc23)c1C. The van der Waals surface area contributed by atoms with Gasteiger partial charge in [-0.15, -0.1) is 10.2 Å². The summed E-state index contributed by atoms with van der Waals surface area (Å²) in [6.45, 7) is 4.15. The van der Waals surface area contributed by atoms with Crippen LogP contribution in [0.25, 0.3) is 5.65 Å². The van der Waals surface area contributed by atoms with Crippen LogP contribution in [-0.2, 0) is 6.42 Å². The monoisotopic (exact) mass is 312 g/mol. The lowest BCUT2D eigenvalue weighted by Gasteiger charge is -2.12. The second-order valence-corrected chi connectivity index (χ2v) is 4.99. The molecule has 0 spiro atoms. The number of carboxylic acid groups (broad SMARTS) is 1. The van der Waals surface area contributed by atoms with E-state index in [0.717, 1.165) is 17.7 Å². The first-order valence-corrected chi connectivity index (χ1v) is 7.15. The lowest BCUT2D eigenvalue weighted by atomic mass is 10.0. The zero-order valence-electron chi connectivity index (χ0n) is 12.7. The largest absolute Gasteiger partial charge is 0.465 e. The number of aromatic nitrogens is 4. The Labute approximate surface area is 132 Å². The number of hydrogen-bond donors (Lipinski definition) is 3. The molecule has 0 aliphatic rings. The van der Waals surface area contributed by atoms with Gasteiger partial charge in [-0.3, -0.25) is 9.72 Å². The fourth-order valence-corrected chi connectivity index (χ4v) is 2.42. The van der Waals surface area contributed by atoms with Crippen molar-refractivity contribution >= 4 is 29.2 Å². The number of nitrogens with one attached hydrogen (secondary N) is 2. The smallest absolute Gasteiger partial charge is 0.411 e. The van der Waals surface area contributed by atoms with E-state index < -0.39 is 6.09 Å². The first kappa shape index (κ1) is 14.8. The third-order valence-corrected chi connectivity index (χ3v) is 3.63. The molecule has 0 atom stereocenters. The van der Waals surface area contributed by atoms with Gasteiger partial charge in [-0.1, -0.05) is 19.1 Å². The second-order valence-electron chi connectivity index (χ2n) is 4.99. The predicted molar refractivity (Wildman–Crippen MR) is 86.3 cm³/mol. The number of anilines is 3. The summed E-state index contributed by atoms with van der Waals surface area (Å²) in [7, 11) is 0. The van der Waals surface area contributed by atoms with Crippen LogP contribution >= 0.6 is 0 Å². The molecule has 3 rings (SSSR count). The number of hydrogen-bond acceptors (Lipinski definition) is 5. The molecule has 8 nitrogen and oxygen atoms in total. The van der Waals surface area contributed by atoms with Crippen LogP contribution in [0.3, 0.4) is 0 Å². The molecular weight excluding hydrogens is 296 g/mol. The maximum atomic E-state index is 10.8. The first-order chi connectivity index (χ1) is 11.1. The summed E-state index contributed by atoms with van der Waals surface area (Å²) in [6.07, 6.45) is 2.90. The minimum Gasteiger partial charge on any atom is -0.465 e. The Morgan fingerprint density at radius 3 is 2.91 bits per heavy atom. The molecular formula is C15H16N6O2. The van der Waals surface area contributed by atoms with Crippen LogP contribution < -0.4 is 10.6 Å². The minimum atomic E-state index is -1.20. The van der Waals surface area contributed by atoms with Crippen molar-refractivity contribution in [1.29, 1.82) is 0 Å². The molecule has 3 N–H and O–H groups in total. The first-order valence-electron chi connectivity index (χ1n) is 7.15. The molecule has 2 heterocycles. The van der Waals surface area contributed by atoms with E-state index in [1.165, 1.54) is 9.96 Å². The van der Waals surface area contributed by atoms with Crippen LogP contribution in [0.1, 0.15) is 18.1 Å². The molecule has 1 amide bonds. The topological polar surface area (TPSA) is 104 Å². The summed E-state index contributed by atoms with van der Waals surface area (Å²) in [5.74, 6) is 0.631. The van der Waals surface area contributed by atoms with E-state index >= 15 is 0 Å². The highest BCUT2D eigenvalue weighted by molar-refractivity contribution is 5.82. The highest BCUT2D eigenvalue weighted by Crippen LogP contribution is 2.25. The van der Waals surface area contributed by atoms with Crippen molar-refractivity contribution in [2.75, 3.05) is 10.6 Å². The second kappa shape index (κ2) is 5.91. The van der Waals surface area contributed by atoms with Gasteiger partial charge in [-0.05, 0) is 30.5 Å². The van der Waals surface area contributed by atoms with E-state index in [1.54, 1.807) is 12.4 Å². The molecule has 0 bridgehead atoms. The molecule has 0 unspecified atom stereocenters. The minimum absolute atomic E-state index is 0.122. The molecule has 0 aliphatic carbocycles. The molecule has 0 radical (unpaired) electrons. The summed E-state index contributed by atoms with van der Waals surface area (Å²) in [5.41, 5.74) is 3.76. The molecule has 8 heteroatoms. The summed E-state index contributed by atoms with van der Waals surface area (Å²) >= 11 is 0. The summed E-state index contributed by atoms with van der Waals surface area (Å²) in [6, 6.07) is 6.03. The maximum Gasteiger partial charge on any atom is 0.411 e. The van der Waals surface area contributed by atoms with Gasteiger partial charge in [0.25, 0.3) is 0 Å². The summed E-state index contributed by atoms with van der Waals surface area (Å²) in [4.78, 5) is 15.1. The van der Waals surface area contributed by atoms with E-state index in [4.69, 9.17) is 5.11 Å². The van der Waals surface area contributed by atoms with Crippen LogP contribution in [-0.4, -0.2) is 30.8 Å². The molecule has 1 aromatic carbocycles. The van der Waals surface area contributed by atoms with E-state index in [-0.39, 0.29) is 5.95 Å². The zero-order chi connectivity index (χ0) is 16.4. The average molecular weight is 312 g/mol. The fourth-order valence-electron chi connectivity index (χ4n) is 2.42. The quantitative estimate of drug-likeness (QED) is 0.684. The van der Waals surface area contributed by atoms with E-state index in [2.05, 4.69) is 38.8 Å². The van der Waals surface area contributed by atoms with E-state index in [0.29, 0.717) is 11.5 Å². The van der Waals surface area contributed by atoms with Crippen molar-refractivity contribution in [3.63, 3.8) is 0 Å². The Kier molecular flexibility index (Phi) is 3.80. The van der Waals surface area contributed by atoms with Crippen molar-refractivity contribution < 1.29 is 9.90 Å². The standard InChI is InChI=1S/C15H16N6O2/c1-3-10-5-4-6-11(9(10)2)17-12-13-19-20-14(18-15(22)23)21(13)8-7-16-12/h4-8H,3H2,1-2H3,(H,16,17)(H,18,20)(H,22,23). The number of rotatable bonds is 4. The Hall–Kier alpha value is -3.16. The van der Waals surface area contributed by atoms with Crippen molar-refractivity contribution in [2.24, 2.45) is 0 Å². The van der Waals surface area contributed by atoms with Crippen molar-refractivity contribution in [2.45, 2.75) is 20.3 Å². The highest BCUT2D eigenvalue weighted by atomic mass is 16.4. The number of amides is 1. The molecule has 3 aromatic rings. The molecule has 0 saturated carbocycles.